The van der Waals surface area contributed by atoms with Crippen molar-refractivity contribution in [1.29, 1.82) is 0 Å². The highest BCUT2D eigenvalue weighted by Crippen LogP contribution is 2.22. The van der Waals surface area contributed by atoms with Crippen LogP contribution in [-0.4, -0.2) is 49.8 Å². The van der Waals surface area contributed by atoms with Gasteiger partial charge in [-0.25, -0.2) is 0 Å². The smallest absolute Gasteiger partial charge is 0.281 e. The first kappa shape index (κ1) is 17.9. The third-order valence-corrected chi connectivity index (χ3v) is 6.48. The molecule has 1 fully saturated rings. The van der Waals surface area contributed by atoms with Crippen LogP contribution in [0.3, 0.4) is 0 Å². The first-order valence-corrected chi connectivity index (χ1v) is 9.34. The standard InChI is InChI=1S/C14H31N3O2S/c1-4-13(5-2)11-16(6-3)20(18,19)17-9-7-8-14(10-15)12-17/h13-14H,4-12,15H2,1-3H3. The third-order valence-electron chi connectivity index (χ3n) is 4.44. The van der Waals surface area contributed by atoms with Gasteiger partial charge >= 0.3 is 0 Å². The summed E-state index contributed by atoms with van der Waals surface area (Å²) in [5.74, 6) is 0.755. The largest absolute Gasteiger partial charge is 0.330 e. The van der Waals surface area contributed by atoms with Crippen LogP contribution < -0.4 is 5.73 Å². The minimum Gasteiger partial charge on any atom is -0.330 e. The molecule has 0 aromatic rings. The van der Waals surface area contributed by atoms with E-state index in [2.05, 4.69) is 13.8 Å². The Morgan fingerprint density at radius 2 is 1.95 bits per heavy atom. The van der Waals surface area contributed by atoms with Crippen molar-refractivity contribution in [3.05, 3.63) is 0 Å². The van der Waals surface area contributed by atoms with Gasteiger partial charge < -0.3 is 5.73 Å². The van der Waals surface area contributed by atoms with Crippen LogP contribution in [-0.2, 0) is 10.2 Å². The van der Waals surface area contributed by atoms with Crippen molar-refractivity contribution in [3.63, 3.8) is 0 Å². The Morgan fingerprint density at radius 1 is 1.30 bits per heavy atom. The summed E-state index contributed by atoms with van der Waals surface area (Å²) in [7, 11) is -3.32. The van der Waals surface area contributed by atoms with Gasteiger partial charge in [0.25, 0.3) is 10.2 Å². The van der Waals surface area contributed by atoms with E-state index in [0.717, 1.165) is 25.7 Å². The second-order valence-electron chi connectivity index (χ2n) is 5.74. The van der Waals surface area contributed by atoms with E-state index in [1.54, 1.807) is 8.61 Å². The molecule has 1 atom stereocenters. The molecular weight excluding hydrogens is 274 g/mol. The van der Waals surface area contributed by atoms with E-state index >= 15 is 0 Å². The van der Waals surface area contributed by atoms with Crippen LogP contribution in [0.15, 0.2) is 0 Å². The molecular formula is C14H31N3O2S. The Kier molecular flexibility index (Phi) is 7.43. The Balaban J connectivity index is 2.77. The molecule has 0 bridgehead atoms. The minimum atomic E-state index is -3.32. The highest BCUT2D eigenvalue weighted by molar-refractivity contribution is 7.86. The molecule has 1 saturated heterocycles. The molecule has 1 unspecified atom stereocenters. The Hall–Kier alpha value is -0.170. The van der Waals surface area contributed by atoms with Crippen molar-refractivity contribution in [3.8, 4) is 0 Å². The maximum Gasteiger partial charge on any atom is 0.281 e. The van der Waals surface area contributed by atoms with Gasteiger partial charge in [-0.15, -0.1) is 0 Å². The first-order chi connectivity index (χ1) is 9.49. The number of piperidine rings is 1. The van der Waals surface area contributed by atoms with Crippen molar-refractivity contribution in [2.45, 2.75) is 46.5 Å². The molecule has 1 aliphatic rings. The Labute approximate surface area is 124 Å². The van der Waals surface area contributed by atoms with Crippen LogP contribution in [0.5, 0.6) is 0 Å². The summed E-state index contributed by atoms with van der Waals surface area (Å²) in [6.07, 6.45) is 4.01. The average Bonchev–Trinajstić information content (AvgIpc) is 2.48. The summed E-state index contributed by atoms with van der Waals surface area (Å²) < 4.78 is 28.8. The lowest BCUT2D eigenvalue weighted by Crippen LogP contribution is -2.50. The summed E-state index contributed by atoms with van der Waals surface area (Å²) in [6.45, 7) is 9.14. The average molecular weight is 305 g/mol. The molecule has 0 radical (unpaired) electrons. The highest BCUT2D eigenvalue weighted by Gasteiger charge is 2.33. The van der Waals surface area contributed by atoms with Gasteiger partial charge in [-0.3, -0.25) is 0 Å². The maximum atomic E-state index is 12.8. The summed E-state index contributed by atoms with van der Waals surface area (Å²) in [5, 5.41) is 0. The molecule has 0 saturated carbocycles. The van der Waals surface area contributed by atoms with E-state index in [1.807, 2.05) is 6.92 Å². The van der Waals surface area contributed by atoms with Crippen molar-refractivity contribution in [2.24, 2.45) is 17.6 Å². The van der Waals surface area contributed by atoms with E-state index < -0.39 is 10.2 Å². The van der Waals surface area contributed by atoms with Crippen molar-refractivity contribution in [1.82, 2.24) is 8.61 Å². The second kappa shape index (κ2) is 8.32. The van der Waals surface area contributed by atoms with Crippen molar-refractivity contribution in [2.75, 3.05) is 32.7 Å². The van der Waals surface area contributed by atoms with E-state index in [-0.39, 0.29) is 0 Å². The quantitative estimate of drug-likeness (QED) is 0.741. The fourth-order valence-corrected chi connectivity index (χ4v) is 4.62. The highest BCUT2D eigenvalue weighted by atomic mass is 32.2. The molecule has 120 valence electrons. The summed E-state index contributed by atoms with van der Waals surface area (Å²) in [5.41, 5.74) is 5.71. The zero-order valence-corrected chi connectivity index (χ0v) is 14.0. The monoisotopic (exact) mass is 305 g/mol. The Bertz CT molecular complexity index is 369. The first-order valence-electron chi connectivity index (χ1n) is 7.94. The molecule has 6 heteroatoms. The van der Waals surface area contributed by atoms with Gasteiger partial charge in [-0.2, -0.15) is 17.0 Å². The van der Waals surface area contributed by atoms with E-state index in [4.69, 9.17) is 5.73 Å². The number of hydrogen-bond acceptors (Lipinski definition) is 3. The third kappa shape index (κ3) is 4.41. The van der Waals surface area contributed by atoms with Gasteiger partial charge in [0.1, 0.15) is 0 Å². The van der Waals surface area contributed by atoms with Crippen LogP contribution >= 0.6 is 0 Å². The van der Waals surface area contributed by atoms with Gasteiger partial charge in [0.15, 0.2) is 0 Å². The molecule has 0 aromatic heterocycles. The molecule has 1 rings (SSSR count). The molecule has 2 N–H and O–H groups in total. The van der Waals surface area contributed by atoms with Gasteiger partial charge in [0, 0.05) is 26.2 Å². The molecule has 0 aromatic carbocycles. The molecule has 5 nitrogen and oxygen atoms in total. The topological polar surface area (TPSA) is 66.6 Å². The van der Waals surface area contributed by atoms with Crippen LogP contribution in [0.1, 0.15) is 46.5 Å². The van der Waals surface area contributed by atoms with Gasteiger partial charge in [0.05, 0.1) is 0 Å². The fraction of sp³-hybridized carbons (Fsp3) is 1.00. The zero-order chi connectivity index (χ0) is 15.2. The number of rotatable bonds is 8. The predicted octanol–water partition coefficient (Wildman–Crippen LogP) is 1.66. The lowest BCUT2D eigenvalue weighted by molar-refractivity contribution is 0.242. The normalized spacial score (nSPS) is 21.8. The molecule has 0 spiro atoms. The summed E-state index contributed by atoms with van der Waals surface area (Å²) in [4.78, 5) is 0. The van der Waals surface area contributed by atoms with Crippen LogP contribution in [0, 0.1) is 11.8 Å². The predicted molar refractivity (Wildman–Crippen MR) is 83.6 cm³/mol. The van der Waals surface area contributed by atoms with E-state index in [1.165, 1.54) is 0 Å². The van der Waals surface area contributed by atoms with Crippen molar-refractivity contribution < 1.29 is 8.42 Å². The lowest BCUT2D eigenvalue weighted by Gasteiger charge is -2.35. The zero-order valence-electron chi connectivity index (χ0n) is 13.2. The fourth-order valence-electron chi connectivity index (χ4n) is 2.81. The maximum absolute atomic E-state index is 12.8. The van der Waals surface area contributed by atoms with Gasteiger partial charge in [-0.1, -0.05) is 33.6 Å². The molecule has 20 heavy (non-hydrogen) atoms. The van der Waals surface area contributed by atoms with Gasteiger partial charge in [0.2, 0.25) is 0 Å². The Morgan fingerprint density at radius 3 is 2.45 bits per heavy atom. The van der Waals surface area contributed by atoms with Crippen LogP contribution in [0.4, 0.5) is 0 Å². The number of nitrogens with two attached hydrogens (primary N) is 1. The summed E-state index contributed by atoms with van der Waals surface area (Å²) in [6, 6.07) is 0. The molecule has 0 aliphatic carbocycles. The minimum absolute atomic E-state index is 0.311. The van der Waals surface area contributed by atoms with Crippen LogP contribution in [0.25, 0.3) is 0 Å². The lowest BCUT2D eigenvalue weighted by atomic mass is 10.0. The van der Waals surface area contributed by atoms with E-state index in [9.17, 15) is 8.42 Å². The van der Waals surface area contributed by atoms with E-state index in [0.29, 0.717) is 44.6 Å². The van der Waals surface area contributed by atoms with Gasteiger partial charge in [-0.05, 0) is 31.2 Å². The molecule has 1 heterocycles. The second-order valence-corrected chi connectivity index (χ2v) is 7.67. The number of nitrogens with zero attached hydrogens (tertiary/aromatic N) is 2. The SMILES string of the molecule is CCC(CC)CN(CC)S(=O)(=O)N1CCCC(CN)C1. The van der Waals surface area contributed by atoms with Crippen molar-refractivity contribution >= 4 is 10.2 Å². The number of hydrogen-bond donors (Lipinski definition) is 1. The molecule has 0 amide bonds. The molecule has 1 aliphatic heterocycles. The summed E-state index contributed by atoms with van der Waals surface area (Å²) >= 11 is 0. The van der Waals surface area contributed by atoms with Crippen LogP contribution in [0.2, 0.25) is 0 Å².